The third-order valence-corrected chi connectivity index (χ3v) is 2.81. The molecule has 6 nitrogen and oxygen atoms in total. The zero-order chi connectivity index (χ0) is 14.4. The molecular formula is C14H17N3O3. The van der Waals surface area contributed by atoms with Gasteiger partial charge in [0.15, 0.2) is 5.82 Å². The van der Waals surface area contributed by atoms with Crippen LogP contribution in [0.2, 0.25) is 0 Å². The average molecular weight is 275 g/mol. The van der Waals surface area contributed by atoms with E-state index >= 15 is 0 Å². The van der Waals surface area contributed by atoms with Crippen molar-refractivity contribution in [3.8, 4) is 17.0 Å². The molecule has 0 atom stereocenters. The lowest BCUT2D eigenvalue weighted by molar-refractivity contribution is -0.116. The molecule has 0 saturated carbocycles. The summed E-state index contributed by atoms with van der Waals surface area (Å²) in [4.78, 5) is 11.5. The Labute approximate surface area is 116 Å². The smallest absolute Gasteiger partial charge is 0.225 e. The number of aromatic amines is 1. The molecule has 0 radical (unpaired) electrons. The number of benzene rings is 1. The number of aliphatic hydroxyl groups excluding tert-OH is 1. The Morgan fingerprint density at radius 3 is 2.80 bits per heavy atom. The molecule has 0 aliphatic carbocycles. The highest BCUT2D eigenvalue weighted by Crippen LogP contribution is 2.22. The number of ether oxygens (including phenoxy) is 1. The minimum atomic E-state index is -0.160. The third-order valence-electron chi connectivity index (χ3n) is 2.81. The lowest BCUT2D eigenvalue weighted by Crippen LogP contribution is -2.11. The summed E-state index contributed by atoms with van der Waals surface area (Å²) in [5, 5.41) is 18.2. The van der Waals surface area contributed by atoms with Gasteiger partial charge in [-0.3, -0.25) is 9.89 Å². The van der Waals surface area contributed by atoms with E-state index in [0.29, 0.717) is 12.2 Å². The van der Waals surface area contributed by atoms with Gasteiger partial charge in [-0.25, -0.2) is 0 Å². The fourth-order valence-corrected chi connectivity index (χ4v) is 1.75. The van der Waals surface area contributed by atoms with Gasteiger partial charge in [0.25, 0.3) is 0 Å². The Balaban J connectivity index is 2.02. The summed E-state index contributed by atoms with van der Waals surface area (Å²) in [5.41, 5.74) is 1.76. The lowest BCUT2D eigenvalue weighted by Gasteiger charge is -2.01. The van der Waals surface area contributed by atoms with Crippen molar-refractivity contribution in [1.29, 1.82) is 0 Å². The lowest BCUT2D eigenvalue weighted by atomic mass is 10.1. The van der Waals surface area contributed by atoms with E-state index in [1.165, 1.54) is 0 Å². The zero-order valence-corrected chi connectivity index (χ0v) is 11.2. The Morgan fingerprint density at radius 1 is 1.40 bits per heavy atom. The molecule has 2 rings (SSSR count). The number of H-pyrrole nitrogens is 1. The first-order valence-electron chi connectivity index (χ1n) is 6.33. The molecule has 0 bridgehead atoms. The number of rotatable bonds is 6. The van der Waals surface area contributed by atoms with Crippen LogP contribution in [0.25, 0.3) is 11.3 Å². The van der Waals surface area contributed by atoms with Crippen LogP contribution in [0.4, 0.5) is 5.82 Å². The second-order valence-corrected chi connectivity index (χ2v) is 4.27. The van der Waals surface area contributed by atoms with Gasteiger partial charge in [-0.05, 0) is 36.2 Å². The first-order chi connectivity index (χ1) is 9.72. The van der Waals surface area contributed by atoms with Gasteiger partial charge >= 0.3 is 0 Å². The highest BCUT2D eigenvalue weighted by atomic mass is 16.5. The van der Waals surface area contributed by atoms with Gasteiger partial charge < -0.3 is 15.2 Å². The highest BCUT2D eigenvalue weighted by Gasteiger charge is 2.07. The van der Waals surface area contributed by atoms with Crippen molar-refractivity contribution in [3.05, 3.63) is 30.3 Å². The van der Waals surface area contributed by atoms with Gasteiger partial charge in [-0.1, -0.05) is 0 Å². The molecule has 1 amide bonds. The molecule has 3 N–H and O–H groups in total. The summed E-state index contributed by atoms with van der Waals surface area (Å²) >= 11 is 0. The predicted molar refractivity (Wildman–Crippen MR) is 75.5 cm³/mol. The number of amides is 1. The maximum Gasteiger partial charge on any atom is 0.225 e. The Hall–Kier alpha value is -2.34. The summed E-state index contributed by atoms with van der Waals surface area (Å²) in [6.45, 7) is 0.00504. The van der Waals surface area contributed by atoms with Gasteiger partial charge in [0.05, 0.1) is 12.8 Å². The second-order valence-electron chi connectivity index (χ2n) is 4.27. The number of carbonyl (C=O) groups excluding carboxylic acids is 1. The Morgan fingerprint density at radius 2 is 2.15 bits per heavy atom. The van der Waals surface area contributed by atoms with Crippen molar-refractivity contribution in [2.75, 3.05) is 19.0 Å². The number of aliphatic hydroxyl groups is 1. The van der Waals surface area contributed by atoms with Crippen molar-refractivity contribution in [1.82, 2.24) is 10.2 Å². The van der Waals surface area contributed by atoms with Crippen molar-refractivity contribution in [2.24, 2.45) is 0 Å². The topological polar surface area (TPSA) is 87.2 Å². The molecular weight excluding hydrogens is 258 g/mol. The van der Waals surface area contributed by atoms with Gasteiger partial charge in [0.2, 0.25) is 5.91 Å². The van der Waals surface area contributed by atoms with Crippen molar-refractivity contribution >= 4 is 11.7 Å². The molecule has 106 valence electrons. The molecule has 0 aliphatic rings. The summed E-state index contributed by atoms with van der Waals surface area (Å²) in [6, 6.07) is 9.29. The molecule has 20 heavy (non-hydrogen) atoms. The number of aromatic nitrogens is 2. The van der Waals surface area contributed by atoms with Gasteiger partial charge in [0.1, 0.15) is 5.75 Å². The number of hydrogen-bond donors (Lipinski definition) is 3. The number of anilines is 1. The summed E-state index contributed by atoms with van der Waals surface area (Å²) in [6.07, 6.45) is 0.725. The molecule has 2 aromatic rings. The van der Waals surface area contributed by atoms with Gasteiger partial charge in [0, 0.05) is 19.1 Å². The predicted octanol–water partition coefficient (Wildman–Crippen LogP) is 1.80. The number of methoxy groups -OCH3 is 1. The SMILES string of the molecule is COc1ccc(-c2cc(NC(=O)CCCO)n[nH]2)cc1. The maximum absolute atomic E-state index is 11.5. The summed E-state index contributed by atoms with van der Waals surface area (Å²) in [7, 11) is 1.62. The van der Waals surface area contributed by atoms with Crippen LogP contribution in [0, 0.1) is 0 Å². The largest absolute Gasteiger partial charge is 0.497 e. The van der Waals surface area contributed by atoms with Gasteiger partial charge in [-0.2, -0.15) is 5.10 Å². The Bertz CT molecular complexity index is 563. The van der Waals surface area contributed by atoms with Crippen molar-refractivity contribution in [2.45, 2.75) is 12.8 Å². The average Bonchev–Trinajstić information content (AvgIpc) is 2.93. The van der Waals surface area contributed by atoms with Crippen LogP contribution >= 0.6 is 0 Å². The number of hydrogen-bond acceptors (Lipinski definition) is 4. The Kier molecular flexibility index (Phi) is 4.73. The maximum atomic E-state index is 11.5. The van der Waals surface area contributed by atoms with E-state index in [4.69, 9.17) is 9.84 Å². The molecule has 0 saturated heterocycles. The van der Waals surface area contributed by atoms with Crippen LogP contribution in [-0.2, 0) is 4.79 Å². The van der Waals surface area contributed by atoms with E-state index in [1.807, 2.05) is 24.3 Å². The zero-order valence-electron chi connectivity index (χ0n) is 11.2. The third kappa shape index (κ3) is 3.58. The minimum absolute atomic E-state index is 0.00504. The van der Waals surface area contributed by atoms with Crippen LogP contribution in [0.5, 0.6) is 5.75 Å². The fraction of sp³-hybridized carbons (Fsp3) is 0.286. The monoisotopic (exact) mass is 275 g/mol. The number of nitrogens with one attached hydrogen (secondary N) is 2. The van der Waals surface area contributed by atoms with E-state index in [1.54, 1.807) is 13.2 Å². The van der Waals surface area contributed by atoms with Gasteiger partial charge in [-0.15, -0.1) is 0 Å². The van der Waals surface area contributed by atoms with Crippen molar-refractivity contribution < 1.29 is 14.6 Å². The molecule has 1 heterocycles. The van der Waals surface area contributed by atoms with Crippen LogP contribution < -0.4 is 10.1 Å². The summed E-state index contributed by atoms with van der Waals surface area (Å²) in [5.74, 6) is 1.09. The first-order valence-corrected chi connectivity index (χ1v) is 6.33. The minimum Gasteiger partial charge on any atom is -0.497 e. The highest BCUT2D eigenvalue weighted by molar-refractivity contribution is 5.90. The fourth-order valence-electron chi connectivity index (χ4n) is 1.75. The molecule has 0 unspecified atom stereocenters. The standard InChI is InChI=1S/C14H17N3O3/c1-20-11-6-4-10(5-7-11)12-9-13(17-16-12)15-14(19)3-2-8-18/h4-7,9,18H,2-3,8H2,1H3,(H2,15,16,17,19). The summed E-state index contributed by atoms with van der Waals surface area (Å²) < 4.78 is 5.10. The molecule has 1 aromatic carbocycles. The number of nitrogens with zero attached hydrogens (tertiary/aromatic N) is 1. The quantitative estimate of drug-likeness (QED) is 0.750. The van der Waals surface area contributed by atoms with E-state index in [9.17, 15) is 4.79 Å². The molecule has 0 spiro atoms. The number of carbonyl (C=O) groups is 1. The first kappa shape index (κ1) is 14.1. The van der Waals surface area contributed by atoms with Crippen LogP contribution in [0.1, 0.15) is 12.8 Å². The normalized spacial score (nSPS) is 10.3. The van der Waals surface area contributed by atoms with E-state index < -0.39 is 0 Å². The molecule has 0 fully saturated rings. The van der Waals surface area contributed by atoms with Crippen LogP contribution in [0.3, 0.4) is 0 Å². The van der Waals surface area contributed by atoms with Crippen LogP contribution in [-0.4, -0.2) is 34.9 Å². The molecule has 6 heteroatoms. The molecule has 0 aliphatic heterocycles. The van der Waals surface area contributed by atoms with Crippen LogP contribution in [0.15, 0.2) is 30.3 Å². The van der Waals surface area contributed by atoms with E-state index in [2.05, 4.69) is 15.5 Å². The second kappa shape index (κ2) is 6.72. The molecule has 1 aromatic heterocycles. The van der Waals surface area contributed by atoms with Crippen molar-refractivity contribution in [3.63, 3.8) is 0 Å². The van der Waals surface area contributed by atoms with E-state index in [0.717, 1.165) is 17.0 Å². The van der Waals surface area contributed by atoms with E-state index in [-0.39, 0.29) is 18.9 Å².